The van der Waals surface area contributed by atoms with Crippen LogP contribution >= 0.6 is 0 Å². The molecule has 1 N–H and O–H groups in total. The van der Waals surface area contributed by atoms with Gasteiger partial charge in [0.1, 0.15) is 5.78 Å². The fourth-order valence-corrected chi connectivity index (χ4v) is 4.63. The minimum absolute atomic E-state index is 0.0334. The van der Waals surface area contributed by atoms with Crippen LogP contribution in [-0.4, -0.2) is 46.5 Å². The number of hydrogen-bond donors (Lipinski definition) is 1. The Balaban J connectivity index is 1.53. The summed E-state index contributed by atoms with van der Waals surface area (Å²) < 4.78 is 9.24. The quantitative estimate of drug-likeness (QED) is 0.593. The van der Waals surface area contributed by atoms with Gasteiger partial charge in [0.2, 0.25) is 0 Å². The first-order valence-electron chi connectivity index (χ1n) is 10.6. The number of ether oxygens (including phenoxy) is 1. The molecule has 1 aliphatic heterocycles. The Labute approximate surface area is 170 Å². The average molecular weight is 399 g/mol. The number of benzene rings is 1. The monoisotopic (exact) mass is 399 g/mol. The lowest BCUT2D eigenvalue weighted by molar-refractivity contribution is -0.132. The van der Waals surface area contributed by atoms with Gasteiger partial charge in [-0.3, -0.25) is 18.7 Å². The maximum absolute atomic E-state index is 13.0. The SMILES string of the molecule is Cn1c(=O)n(C2CCC(=O)CC2=O)c2cccc(CCCOC3CCNCC3)c21. The predicted molar refractivity (Wildman–Crippen MR) is 110 cm³/mol. The van der Waals surface area contributed by atoms with Crippen LogP contribution in [0.4, 0.5) is 0 Å². The summed E-state index contributed by atoms with van der Waals surface area (Å²) in [6, 6.07) is 5.35. The van der Waals surface area contributed by atoms with Crippen molar-refractivity contribution in [2.45, 2.75) is 57.1 Å². The van der Waals surface area contributed by atoms with Crippen LogP contribution in [0.2, 0.25) is 0 Å². The number of carbonyl (C=O) groups excluding carboxylic acids is 2. The maximum Gasteiger partial charge on any atom is 0.329 e. The Morgan fingerprint density at radius 1 is 1.14 bits per heavy atom. The number of nitrogens with zero attached hydrogens (tertiary/aromatic N) is 2. The van der Waals surface area contributed by atoms with E-state index in [1.54, 1.807) is 16.2 Å². The van der Waals surface area contributed by atoms with Crippen LogP contribution in [0.5, 0.6) is 0 Å². The van der Waals surface area contributed by atoms with E-state index < -0.39 is 6.04 Å². The van der Waals surface area contributed by atoms with E-state index in [4.69, 9.17) is 4.74 Å². The summed E-state index contributed by atoms with van der Waals surface area (Å²) in [5.74, 6) is -0.189. The van der Waals surface area contributed by atoms with Crippen molar-refractivity contribution in [2.24, 2.45) is 7.05 Å². The molecule has 7 nitrogen and oxygen atoms in total. The molecule has 0 amide bonds. The number of ketones is 2. The zero-order valence-electron chi connectivity index (χ0n) is 17.0. The van der Waals surface area contributed by atoms with E-state index in [1.807, 2.05) is 18.2 Å². The van der Waals surface area contributed by atoms with Crippen molar-refractivity contribution < 1.29 is 14.3 Å². The molecule has 2 heterocycles. The van der Waals surface area contributed by atoms with Gasteiger partial charge in [-0.05, 0) is 56.8 Å². The van der Waals surface area contributed by atoms with E-state index in [0.717, 1.165) is 55.4 Å². The summed E-state index contributed by atoms with van der Waals surface area (Å²) in [5.41, 5.74) is 2.56. The number of aromatic nitrogens is 2. The Bertz CT molecular complexity index is 968. The first-order chi connectivity index (χ1) is 14.1. The normalized spacial score (nSPS) is 21.2. The number of imidazole rings is 1. The van der Waals surface area contributed by atoms with E-state index in [1.165, 1.54) is 0 Å². The van der Waals surface area contributed by atoms with Crippen molar-refractivity contribution in [2.75, 3.05) is 19.7 Å². The average Bonchev–Trinajstić information content (AvgIpc) is 2.98. The zero-order chi connectivity index (χ0) is 20.4. The highest BCUT2D eigenvalue weighted by atomic mass is 16.5. The second kappa shape index (κ2) is 8.63. The molecule has 1 atom stereocenters. The Morgan fingerprint density at radius 2 is 1.93 bits per heavy atom. The molecule has 0 spiro atoms. The van der Waals surface area contributed by atoms with Gasteiger partial charge in [0.15, 0.2) is 5.78 Å². The van der Waals surface area contributed by atoms with E-state index in [-0.39, 0.29) is 23.7 Å². The number of piperidine rings is 1. The maximum atomic E-state index is 13.0. The minimum atomic E-state index is -0.539. The standard InChI is InChI=1S/C22H29N3O4/c1-24-21-15(5-3-13-29-17-9-11-23-12-10-17)4-2-6-19(21)25(22(24)28)18-8-7-16(26)14-20(18)27/h2,4,6,17-18,23H,3,5,7-14H2,1H3. The number of hydrogen-bond acceptors (Lipinski definition) is 5. The smallest absolute Gasteiger partial charge is 0.329 e. The van der Waals surface area contributed by atoms with Crippen LogP contribution in [0.1, 0.15) is 50.1 Å². The lowest BCUT2D eigenvalue weighted by atomic mass is 9.92. The van der Waals surface area contributed by atoms with Crippen LogP contribution in [0.25, 0.3) is 11.0 Å². The second-order valence-corrected chi connectivity index (χ2v) is 8.16. The van der Waals surface area contributed by atoms with Crippen LogP contribution in [0.15, 0.2) is 23.0 Å². The van der Waals surface area contributed by atoms with Gasteiger partial charge in [0.25, 0.3) is 0 Å². The van der Waals surface area contributed by atoms with Crippen molar-refractivity contribution in [3.8, 4) is 0 Å². The van der Waals surface area contributed by atoms with Gasteiger partial charge in [0.05, 0.1) is 29.6 Å². The van der Waals surface area contributed by atoms with Gasteiger partial charge >= 0.3 is 5.69 Å². The molecule has 156 valence electrons. The van der Waals surface area contributed by atoms with Crippen molar-refractivity contribution in [1.82, 2.24) is 14.5 Å². The molecule has 1 aromatic carbocycles. The molecule has 4 rings (SSSR count). The number of carbonyl (C=O) groups is 2. The summed E-state index contributed by atoms with van der Waals surface area (Å²) in [6.07, 6.45) is 4.86. The van der Waals surface area contributed by atoms with Crippen LogP contribution < -0.4 is 11.0 Å². The summed E-state index contributed by atoms with van der Waals surface area (Å²) >= 11 is 0. The summed E-state index contributed by atoms with van der Waals surface area (Å²) in [4.78, 5) is 37.0. The van der Waals surface area contributed by atoms with Gasteiger partial charge in [-0.25, -0.2) is 4.79 Å². The first-order valence-corrected chi connectivity index (χ1v) is 10.6. The Hall–Kier alpha value is -2.25. The van der Waals surface area contributed by atoms with E-state index in [9.17, 15) is 14.4 Å². The molecule has 29 heavy (non-hydrogen) atoms. The fraction of sp³-hybridized carbons (Fsp3) is 0.591. The third-order valence-electron chi connectivity index (χ3n) is 6.17. The molecule has 1 saturated carbocycles. The fourth-order valence-electron chi connectivity index (χ4n) is 4.63. The van der Waals surface area contributed by atoms with Crippen LogP contribution in [0, 0.1) is 0 Å². The number of Topliss-reactive ketones (excluding diaryl/α,β-unsaturated/α-hetero) is 2. The van der Waals surface area contributed by atoms with Crippen LogP contribution in [-0.2, 0) is 27.8 Å². The van der Waals surface area contributed by atoms with E-state index in [2.05, 4.69) is 5.32 Å². The highest BCUT2D eigenvalue weighted by Gasteiger charge is 2.31. The summed E-state index contributed by atoms with van der Waals surface area (Å²) in [7, 11) is 1.76. The topological polar surface area (TPSA) is 82.3 Å². The molecule has 0 radical (unpaired) electrons. The lowest BCUT2D eigenvalue weighted by Gasteiger charge is -2.23. The van der Waals surface area contributed by atoms with Crippen molar-refractivity contribution in [3.05, 3.63) is 34.2 Å². The Morgan fingerprint density at radius 3 is 2.69 bits per heavy atom. The van der Waals surface area contributed by atoms with Crippen LogP contribution in [0.3, 0.4) is 0 Å². The molecule has 1 aromatic heterocycles. The molecule has 1 saturated heterocycles. The molecule has 0 bridgehead atoms. The van der Waals surface area contributed by atoms with Gasteiger partial charge in [-0.15, -0.1) is 0 Å². The molecule has 2 aromatic rings. The van der Waals surface area contributed by atoms with Gasteiger partial charge in [-0.1, -0.05) is 12.1 Å². The summed E-state index contributed by atoms with van der Waals surface area (Å²) in [5, 5.41) is 3.34. The number of fused-ring (bicyclic) bond motifs is 1. The number of nitrogens with one attached hydrogen (secondary N) is 1. The zero-order valence-corrected chi connectivity index (χ0v) is 17.0. The molecule has 2 aliphatic rings. The third kappa shape index (κ3) is 4.07. The number of rotatable bonds is 6. The lowest BCUT2D eigenvalue weighted by Crippen LogP contribution is -2.34. The van der Waals surface area contributed by atoms with Gasteiger partial charge < -0.3 is 10.1 Å². The molecule has 7 heteroatoms. The summed E-state index contributed by atoms with van der Waals surface area (Å²) in [6.45, 7) is 2.75. The van der Waals surface area contributed by atoms with Crippen molar-refractivity contribution in [3.63, 3.8) is 0 Å². The largest absolute Gasteiger partial charge is 0.378 e. The van der Waals surface area contributed by atoms with E-state index >= 15 is 0 Å². The third-order valence-corrected chi connectivity index (χ3v) is 6.17. The first kappa shape index (κ1) is 20.0. The molecular formula is C22H29N3O4. The van der Waals surface area contributed by atoms with Crippen molar-refractivity contribution >= 4 is 22.6 Å². The highest BCUT2D eigenvalue weighted by Crippen LogP contribution is 2.28. The van der Waals surface area contributed by atoms with Crippen molar-refractivity contribution in [1.29, 1.82) is 0 Å². The molecule has 1 aliphatic carbocycles. The minimum Gasteiger partial charge on any atom is -0.378 e. The van der Waals surface area contributed by atoms with Gasteiger partial charge in [-0.2, -0.15) is 0 Å². The van der Waals surface area contributed by atoms with E-state index in [0.29, 0.717) is 25.6 Å². The number of para-hydroxylation sites is 1. The molecular weight excluding hydrogens is 370 g/mol. The molecule has 1 unspecified atom stereocenters. The highest BCUT2D eigenvalue weighted by molar-refractivity contribution is 6.03. The van der Waals surface area contributed by atoms with Gasteiger partial charge in [0, 0.05) is 20.1 Å². The molecule has 2 fully saturated rings. The Kier molecular flexibility index (Phi) is 5.96. The number of aryl methyl sites for hydroxylation is 2. The predicted octanol–water partition coefficient (Wildman–Crippen LogP) is 1.90. The second-order valence-electron chi connectivity index (χ2n) is 8.16.